The number of hydrogen-bond acceptors (Lipinski definition) is 4. The van der Waals surface area contributed by atoms with Crippen LogP contribution in [0.25, 0.3) is 0 Å². The van der Waals surface area contributed by atoms with E-state index in [1.54, 1.807) is 6.92 Å². The van der Waals surface area contributed by atoms with Crippen LogP contribution in [0.15, 0.2) is 30.3 Å². The van der Waals surface area contributed by atoms with E-state index in [0.717, 1.165) is 31.5 Å². The normalized spacial score (nSPS) is 19.4. The van der Waals surface area contributed by atoms with Crippen molar-refractivity contribution in [1.82, 2.24) is 10.2 Å². The zero-order valence-electron chi connectivity index (χ0n) is 12.6. The van der Waals surface area contributed by atoms with Crippen molar-refractivity contribution in [2.24, 2.45) is 5.73 Å². The molecule has 0 aliphatic carbocycles. The van der Waals surface area contributed by atoms with Gasteiger partial charge in [-0.1, -0.05) is 30.3 Å². The summed E-state index contributed by atoms with van der Waals surface area (Å²) in [5.41, 5.74) is 5.24. The first-order chi connectivity index (χ1) is 9.99. The molecule has 0 aromatic heterocycles. The van der Waals surface area contributed by atoms with Crippen LogP contribution in [0.1, 0.15) is 25.3 Å². The van der Waals surface area contributed by atoms with Gasteiger partial charge in [-0.2, -0.15) is 0 Å². The number of benzene rings is 1. The summed E-state index contributed by atoms with van der Waals surface area (Å²) in [5.74, 6) is -0.350. The first kappa shape index (κ1) is 15.9. The van der Waals surface area contributed by atoms with Crippen molar-refractivity contribution in [3.05, 3.63) is 35.9 Å². The lowest BCUT2D eigenvalue weighted by Gasteiger charge is -2.38. The molecule has 1 aromatic rings. The standard InChI is InChI=1S/C16H25N3O2/c1-16(21,13-5-3-2-4-6-13)12-19(11-15(17)20)14-7-9-18-10-8-14/h2-6,14,18,21H,7-12H2,1H3,(H2,17,20). The minimum Gasteiger partial charge on any atom is -0.384 e. The zero-order chi connectivity index (χ0) is 15.3. The van der Waals surface area contributed by atoms with Crippen LogP contribution in [0.3, 0.4) is 0 Å². The molecule has 2 rings (SSSR count). The van der Waals surface area contributed by atoms with Gasteiger partial charge in [0, 0.05) is 12.6 Å². The molecule has 21 heavy (non-hydrogen) atoms. The van der Waals surface area contributed by atoms with Crippen LogP contribution < -0.4 is 11.1 Å². The van der Waals surface area contributed by atoms with E-state index < -0.39 is 5.60 Å². The summed E-state index contributed by atoms with van der Waals surface area (Å²) in [5, 5.41) is 14.1. The molecule has 5 nitrogen and oxygen atoms in total. The van der Waals surface area contributed by atoms with E-state index in [1.165, 1.54) is 0 Å². The Labute approximate surface area is 126 Å². The fourth-order valence-corrected chi connectivity index (χ4v) is 2.97. The molecule has 116 valence electrons. The summed E-state index contributed by atoms with van der Waals surface area (Å²) in [6, 6.07) is 9.84. The Bertz CT molecular complexity index is 456. The highest BCUT2D eigenvalue weighted by molar-refractivity contribution is 5.76. The van der Waals surface area contributed by atoms with Gasteiger partial charge in [-0.3, -0.25) is 9.69 Å². The highest BCUT2D eigenvalue weighted by Gasteiger charge is 2.31. The van der Waals surface area contributed by atoms with Crippen molar-refractivity contribution in [1.29, 1.82) is 0 Å². The summed E-state index contributed by atoms with van der Waals surface area (Å²) >= 11 is 0. The Morgan fingerprint density at radius 1 is 1.38 bits per heavy atom. The van der Waals surface area contributed by atoms with Gasteiger partial charge >= 0.3 is 0 Å². The maximum Gasteiger partial charge on any atom is 0.231 e. The smallest absolute Gasteiger partial charge is 0.231 e. The lowest BCUT2D eigenvalue weighted by atomic mass is 9.93. The predicted octanol–water partition coefficient (Wildman–Crippen LogP) is 0.433. The Kier molecular flexibility index (Phi) is 5.33. The summed E-state index contributed by atoms with van der Waals surface area (Å²) in [4.78, 5) is 13.4. The number of nitrogens with one attached hydrogen (secondary N) is 1. The summed E-state index contributed by atoms with van der Waals surface area (Å²) in [6.07, 6.45) is 1.94. The number of nitrogens with zero attached hydrogens (tertiary/aromatic N) is 1. The number of carbonyl (C=O) groups excluding carboxylic acids is 1. The third-order valence-electron chi connectivity index (χ3n) is 4.09. The maximum absolute atomic E-state index is 11.4. The third-order valence-corrected chi connectivity index (χ3v) is 4.09. The van der Waals surface area contributed by atoms with Crippen molar-refractivity contribution in [2.75, 3.05) is 26.2 Å². The first-order valence-corrected chi connectivity index (χ1v) is 7.50. The van der Waals surface area contributed by atoms with E-state index in [-0.39, 0.29) is 18.5 Å². The van der Waals surface area contributed by atoms with Crippen LogP contribution in [-0.2, 0) is 10.4 Å². The highest BCUT2D eigenvalue weighted by atomic mass is 16.3. The van der Waals surface area contributed by atoms with Crippen LogP contribution in [0.4, 0.5) is 0 Å². The monoisotopic (exact) mass is 291 g/mol. The molecule has 0 saturated carbocycles. The van der Waals surface area contributed by atoms with Gasteiger partial charge in [0.25, 0.3) is 0 Å². The number of piperidine rings is 1. The number of hydrogen-bond donors (Lipinski definition) is 3. The van der Waals surface area contributed by atoms with Gasteiger partial charge in [-0.15, -0.1) is 0 Å². The summed E-state index contributed by atoms with van der Waals surface area (Å²) in [7, 11) is 0. The lowest BCUT2D eigenvalue weighted by molar-refractivity contribution is -0.121. The van der Waals surface area contributed by atoms with Gasteiger partial charge in [0.1, 0.15) is 0 Å². The molecule has 1 heterocycles. The van der Waals surface area contributed by atoms with Crippen molar-refractivity contribution in [3.63, 3.8) is 0 Å². The molecule has 4 N–H and O–H groups in total. The molecule has 1 aromatic carbocycles. The van der Waals surface area contributed by atoms with E-state index in [0.29, 0.717) is 6.54 Å². The van der Waals surface area contributed by atoms with Gasteiger partial charge in [-0.05, 0) is 38.4 Å². The minimum absolute atomic E-state index is 0.188. The number of aliphatic hydroxyl groups is 1. The van der Waals surface area contributed by atoms with Crippen LogP contribution in [-0.4, -0.2) is 48.1 Å². The molecule has 1 saturated heterocycles. The molecule has 1 atom stereocenters. The Hall–Kier alpha value is -1.43. The number of amides is 1. The summed E-state index contributed by atoms with van der Waals surface area (Å²) in [6.45, 7) is 4.26. The molecule has 1 amide bonds. The second kappa shape index (κ2) is 7.02. The van der Waals surface area contributed by atoms with Crippen molar-refractivity contribution in [2.45, 2.75) is 31.4 Å². The molecule has 0 spiro atoms. The van der Waals surface area contributed by atoms with E-state index in [1.807, 2.05) is 35.2 Å². The minimum atomic E-state index is -0.998. The predicted molar refractivity (Wildman–Crippen MR) is 82.7 cm³/mol. The van der Waals surface area contributed by atoms with E-state index in [2.05, 4.69) is 5.32 Å². The second-order valence-corrected chi connectivity index (χ2v) is 5.99. The SMILES string of the molecule is CC(O)(CN(CC(N)=O)C1CCNCC1)c1ccccc1. The van der Waals surface area contributed by atoms with Crippen LogP contribution in [0.5, 0.6) is 0 Å². The Balaban J connectivity index is 2.11. The molecule has 1 aliphatic heterocycles. The second-order valence-electron chi connectivity index (χ2n) is 5.99. The van der Waals surface area contributed by atoms with E-state index in [4.69, 9.17) is 5.73 Å². The molecule has 0 bridgehead atoms. The fourth-order valence-electron chi connectivity index (χ4n) is 2.97. The number of rotatable bonds is 6. The van der Waals surface area contributed by atoms with E-state index in [9.17, 15) is 9.90 Å². The maximum atomic E-state index is 11.4. The number of nitrogens with two attached hydrogens (primary N) is 1. The Morgan fingerprint density at radius 3 is 2.57 bits per heavy atom. The molecule has 1 aliphatic rings. The molecule has 1 unspecified atom stereocenters. The average molecular weight is 291 g/mol. The van der Waals surface area contributed by atoms with Gasteiger partial charge < -0.3 is 16.2 Å². The molecular weight excluding hydrogens is 266 g/mol. The van der Waals surface area contributed by atoms with Gasteiger partial charge in [0.2, 0.25) is 5.91 Å². The summed E-state index contributed by atoms with van der Waals surface area (Å²) < 4.78 is 0. The fraction of sp³-hybridized carbons (Fsp3) is 0.562. The number of primary amides is 1. The third kappa shape index (κ3) is 4.52. The van der Waals surface area contributed by atoms with Gasteiger partial charge in [0.15, 0.2) is 0 Å². The van der Waals surface area contributed by atoms with Crippen molar-refractivity contribution >= 4 is 5.91 Å². The van der Waals surface area contributed by atoms with Crippen molar-refractivity contribution < 1.29 is 9.90 Å². The lowest BCUT2D eigenvalue weighted by Crippen LogP contribution is -2.51. The molecule has 5 heteroatoms. The Morgan fingerprint density at radius 2 is 2.00 bits per heavy atom. The van der Waals surface area contributed by atoms with Crippen LogP contribution >= 0.6 is 0 Å². The van der Waals surface area contributed by atoms with Crippen LogP contribution in [0, 0.1) is 0 Å². The largest absolute Gasteiger partial charge is 0.384 e. The quantitative estimate of drug-likeness (QED) is 0.710. The van der Waals surface area contributed by atoms with Crippen molar-refractivity contribution in [3.8, 4) is 0 Å². The molecular formula is C16H25N3O2. The highest BCUT2D eigenvalue weighted by Crippen LogP contribution is 2.24. The first-order valence-electron chi connectivity index (χ1n) is 7.50. The topological polar surface area (TPSA) is 78.6 Å². The zero-order valence-corrected chi connectivity index (χ0v) is 12.6. The van der Waals surface area contributed by atoms with Gasteiger partial charge in [0.05, 0.1) is 12.1 Å². The molecule has 0 radical (unpaired) electrons. The average Bonchev–Trinajstić information content (AvgIpc) is 2.48. The van der Waals surface area contributed by atoms with Gasteiger partial charge in [-0.25, -0.2) is 0 Å². The van der Waals surface area contributed by atoms with Crippen LogP contribution in [0.2, 0.25) is 0 Å². The number of carbonyl (C=O) groups is 1. The molecule has 1 fully saturated rings. The van der Waals surface area contributed by atoms with E-state index >= 15 is 0 Å².